The summed E-state index contributed by atoms with van der Waals surface area (Å²) in [6, 6.07) is 16.1. The zero-order chi connectivity index (χ0) is 21.1. The lowest BCUT2D eigenvalue weighted by atomic mass is 10.0. The highest BCUT2D eigenvalue weighted by atomic mass is 16.5. The molecule has 7 nitrogen and oxygen atoms in total. The number of hydrogen-bond donors (Lipinski definition) is 3. The number of carboxylic acid groups (broad SMARTS) is 1. The smallest absolute Gasteiger partial charge is 0.408 e. The molecule has 2 rings (SSSR count). The maximum atomic E-state index is 12.7. The molecule has 152 valence electrons. The summed E-state index contributed by atoms with van der Waals surface area (Å²) in [7, 11) is 0. The first kappa shape index (κ1) is 21.7. The number of aliphatic carboxylic acids is 1. The molecular weight excluding hydrogens is 372 g/mol. The summed E-state index contributed by atoms with van der Waals surface area (Å²) in [6.45, 7) is 3.56. The first-order valence-electron chi connectivity index (χ1n) is 9.14. The minimum absolute atomic E-state index is 0.0561. The number of ether oxygens (including phenoxy) is 1. The van der Waals surface area contributed by atoms with E-state index in [9.17, 15) is 19.5 Å². The van der Waals surface area contributed by atoms with Crippen LogP contribution in [-0.4, -0.2) is 35.2 Å². The van der Waals surface area contributed by atoms with E-state index < -0.39 is 30.1 Å². The quantitative estimate of drug-likeness (QED) is 0.536. The van der Waals surface area contributed by atoms with E-state index in [1.807, 2.05) is 60.7 Å². The van der Waals surface area contributed by atoms with Crippen molar-refractivity contribution in [1.29, 1.82) is 0 Å². The second kappa shape index (κ2) is 11.3. The van der Waals surface area contributed by atoms with Crippen LogP contribution in [0.2, 0.25) is 0 Å². The average Bonchev–Trinajstić information content (AvgIpc) is 2.73. The average molecular weight is 396 g/mol. The van der Waals surface area contributed by atoms with Gasteiger partial charge in [0.2, 0.25) is 5.91 Å². The van der Waals surface area contributed by atoms with Crippen LogP contribution in [-0.2, 0) is 27.4 Å². The summed E-state index contributed by atoms with van der Waals surface area (Å²) in [6.07, 6.45) is 0.901. The molecule has 0 saturated carbocycles. The van der Waals surface area contributed by atoms with Gasteiger partial charge in [-0.2, -0.15) is 0 Å². The van der Waals surface area contributed by atoms with Gasteiger partial charge in [-0.25, -0.2) is 9.59 Å². The van der Waals surface area contributed by atoms with Crippen molar-refractivity contribution in [2.75, 3.05) is 0 Å². The predicted octanol–water partition coefficient (Wildman–Crippen LogP) is 2.67. The molecule has 3 N–H and O–H groups in total. The summed E-state index contributed by atoms with van der Waals surface area (Å²) in [5.41, 5.74) is 1.62. The van der Waals surface area contributed by atoms with E-state index in [1.165, 1.54) is 6.08 Å². The van der Waals surface area contributed by atoms with Gasteiger partial charge in [-0.1, -0.05) is 66.7 Å². The second-order valence-corrected chi connectivity index (χ2v) is 6.37. The van der Waals surface area contributed by atoms with Crippen LogP contribution in [0.1, 0.15) is 17.5 Å². The molecular formula is C22H24N2O5. The fourth-order valence-corrected chi connectivity index (χ4v) is 2.63. The first-order valence-corrected chi connectivity index (χ1v) is 9.14. The van der Waals surface area contributed by atoms with Crippen LogP contribution in [0, 0.1) is 0 Å². The lowest BCUT2D eigenvalue weighted by Crippen LogP contribution is -2.52. The number of nitrogens with one attached hydrogen (secondary N) is 2. The van der Waals surface area contributed by atoms with Crippen molar-refractivity contribution in [3.05, 3.63) is 84.4 Å². The highest BCUT2D eigenvalue weighted by Gasteiger charge is 2.26. The second-order valence-electron chi connectivity index (χ2n) is 6.37. The van der Waals surface area contributed by atoms with Crippen molar-refractivity contribution in [1.82, 2.24) is 10.6 Å². The molecule has 2 aromatic carbocycles. The Hall–Kier alpha value is -3.61. The molecule has 0 spiro atoms. The summed E-state index contributed by atoms with van der Waals surface area (Å²) < 4.78 is 5.18. The SMILES string of the molecule is C=CCC(NC(=O)C(Cc1ccccc1)NC(=O)OCc1ccccc1)C(=O)O. The maximum absolute atomic E-state index is 12.7. The lowest BCUT2D eigenvalue weighted by molar-refractivity contribution is -0.142. The van der Waals surface area contributed by atoms with Crippen molar-refractivity contribution >= 4 is 18.0 Å². The molecule has 0 radical (unpaired) electrons. The monoisotopic (exact) mass is 396 g/mol. The number of benzene rings is 2. The van der Waals surface area contributed by atoms with Gasteiger partial charge in [-0.05, 0) is 17.5 Å². The van der Waals surface area contributed by atoms with Crippen LogP contribution in [0.5, 0.6) is 0 Å². The highest BCUT2D eigenvalue weighted by molar-refractivity contribution is 5.89. The Morgan fingerprint density at radius 3 is 2.07 bits per heavy atom. The van der Waals surface area contributed by atoms with Gasteiger partial charge in [-0.15, -0.1) is 6.58 Å². The van der Waals surface area contributed by atoms with E-state index in [4.69, 9.17) is 4.74 Å². The van der Waals surface area contributed by atoms with Gasteiger partial charge < -0.3 is 20.5 Å². The maximum Gasteiger partial charge on any atom is 0.408 e. The van der Waals surface area contributed by atoms with Crippen LogP contribution < -0.4 is 10.6 Å². The van der Waals surface area contributed by atoms with Gasteiger partial charge in [-0.3, -0.25) is 4.79 Å². The Balaban J connectivity index is 2.05. The molecule has 0 aromatic heterocycles. The van der Waals surface area contributed by atoms with Gasteiger partial charge in [0.15, 0.2) is 0 Å². The Morgan fingerprint density at radius 2 is 1.52 bits per heavy atom. The lowest BCUT2D eigenvalue weighted by Gasteiger charge is -2.21. The standard InChI is InChI=1S/C22H24N2O5/c1-2-9-18(21(26)27)23-20(25)19(14-16-10-5-3-6-11-16)24-22(28)29-15-17-12-7-4-8-13-17/h2-8,10-13,18-19H,1,9,14-15H2,(H,23,25)(H,24,28)(H,26,27). The minimum atomic E-state index is -1.18. The third kappa shape index (κ3) is 7.50. The van der Waals surface area contributed by atoms with Crippen molar-refractivity contribution in [2.45, 2.75) is 31.5 Å². The molecule has 0 aliphatic heterocycles. The Morgan fingerprint density at radius 1 is 0.931 bits per heavy atom. The Bertz CT molecular complexity index is 824. The van der Waals surface area contributed by atoms with E-state index in [2.05, 4.69) is 17.2 Å². The third-order valence-corrected chi connectivity index (χ3v) is 4.12. The van der Waals surface area contributed by atoms with Gasteiger partial charge in [0.05, 0.1) is 0 Å². The first-order chi connectivity index (χ1) is 14.0. The van der Waals surface area contributed by atoms with Gasteiger partial charge >= 0.3 is 12.1 Å². The van der Waals surface area contributed by atoms with Crippen molar-refractivity contribution in [2.24, 2.45) is 0 Å². The van der Waals surface area contributed by atoms with E-state index in [-0.39, 0.29) is 19.4 Å². The fraction of sp³-hybridized carbons (Fsp3) is 0.227. The molecule has 2 atom stereocenters. The molecule has 2 unspecified atom stereocenters. The normalized spacial score (nSPS) is 12.3. The summed E-state index contributed by atoms with van der Waals surface area (Å²) >= 11 is 0. The molecule has 2 aromatic rings. The van der Waals surface area contributed by atoms with Gasteiger partial charge in [0, 0.05) is 6.42 Å². The number of hydrogen-bond acceptors (Lipinski definition) is 4. The number of rotatable bonds is 10. The molecule has 0 fully saturated rings. The zero-order valence-electron chi connectivity index (χ0n) is 15.9. The Labute approximate surface area is 169 Å². The molecule has 0 aliphatic carbocycles. The van der Waals surface area contributed by atoms with Gasteiger partial charge in [0.1, 0.15) is 18.7 Å². The molecule has 0 heterocycles. The van der Waals surface area contributed by atoms with Crippen LogP contribution in [0.3, 0.4) is 0 Å². The van der Waals surface area contributed by atoms with Crippen LogP contribution in [0.4, 0.5) is 4.79 Å². The number of amides is 2. The molecule has 0 saturated heterocycles. The van der Waals surface area contributed by atoms with Crippen molar-refractivity contribution in [3.63, 3.8) is 0 Å². The van der Waals surface area contributed by atoms with Crippen LogP contribution >= 0.6 is 0 Å². The van der Waals surface area contributed by atoms with E-state index in [0.29, 0.717) is 0 Å². The summed E-state index contributed by atoms with van der Waals surface area (Å²) in [5, 5.41) is 14.2. The fourth-order valence-electron chi connectivity index (χ4n) is 2.63. The Kier molecular flexibility index (Phi) is 8.44. The van der Waals surface area contributed by atoms with Crippen molar-refractivity contribution in [3.8, 4) is 0 Å². The summed E-state index contributed by atoms with van der Waals surface area (Å²) in [5.74, 6) is -1.79. The zero-order valence-corrected chi connectivity index (χ0v) is 15.9. The molecule has 0 aliphatic rings. The largest absolute Gasteiger partial charge is 0.480 e. The molecule has 2 amide bonds. The number of carbonyl (C=O) groups is 3. The van der Waals surface area contributed by atoms with E-state index >= 15 is 0 Å². The number of alkyl carbamates (subject to hydrolysis) is 1. The third-order valence-electron chi connectivity index (χ3n) is 4.12. The topological polar surface area (TPSA) is 105 Å². The van der Waals surface area contributed by atoms with Crippen LogP contribution in [0.25, 0.3) is 0 Å². The number of carbonyl (C=O) groups excluding carboxylic acids is 2. The van der Waals surface area contributed by atoms with Crippen LogP contribution in [0.15, 0.2) is 73.3 Å². The van der Waals surface area contributed by atoms with Gasteiger partial charge in [0.25, 0.3) is 0 Å². The van der Waals surface area contributed by atoms with E-state index in [0.717, 1.165) is 11.1 Å². The molecule has 29 heavy (non-hydrogen) atoms. The number of carboxylic acids is 1. The highest BCUT2D eigenvalue weighted by Crippen LogP contribution is 2.06. The predicted molar refractivity (Wildman–Crippen MR) is 108 cm³/mol. The van der Waals surface area contributed by atoms with Crippen molar-refractivity contribution < 1.29 is 24.2 Å². The van der Waals surface area contributed by atoms with E-state index in [1.54, 1.807) is 0 Å². The summed E-state index contributed by atoms with van der Waals surface area (Å²) in [4.78, 5) is 36.2. The molecule has 0 bridgehead atoms. The minimum Gasteiger partial charge on any atom is -0.480 e. The molecule has 7 heteroatoms.